The topological polar surface area (TPSA) is 32.8 Å². The third kappa shape index (κ3) is 4.63. The summed E-state index contributed by atoms with van der Waals surface area (Å²) < 4.78 is 20.4. The Bertz CT molecular complexity index is 896. The van der Waals surface area contributed by atoms with Crippen LogP contribution in [0.5, 0.6) is 0 Å². The van der Waals surface area contributed by atoms with Gasteiger partial charge in [0.15, 0.2) is 6.29 Å². The Morgan fingerprint density at radius 3 is 2.83 bits per heavy atom. The van der Waals surface area contributed by atoms with Crippen LogP contribution < -0.4 is 4.90 Å². The van der Waals surface area contributed by atoms with E-state index in [1.54, 1.807) is 0 Å². The number of carbonyl (C=O) groups excluding carboxylic acids is 1. The third-order valence-electron chi connectivity index (χ3n) is 5.11. The van der Waals surface area contributed by atoms with Crippen LogP contribution in [0.25, 0.3) is 0 Å². The largest absolute Gasteiger partial charge is 0.351 e. The molecular weight excluding hydrogens is 367 g/mol. The van der Waals surface area contributed by atoms with Crippen LogP contribution in [-0.2, 0) is 4.74 Å². The van der Waals surface area contributed by atoms with Crippen molar-refractivity contribution < 1.29 is 13.9 Å². The van der Waals surface area contributed by atoms with Crippen molar-refractivity contribution in [3.05, 3.63) is 84.2 Å². The Balaban J connectivity index is 1.94. The highest BCUT2D eigenvalue weighted by Crippen LogP contribution is 2.41. The number of carbonyl (C=O) groups is 1. The minimum Gasteiger partial charge on any atom is -0.351 e. The summed E-state index contributed by atoms with van der Waals surface area (Å²) in [5, 5.41) is 0. The molecular formula is C24H27FN2O2. The quantitative estimate of drug-likeness (QED) is 0.347. The van der Waals surface area contributed by atoms with Crippen molar-refractivity contribution in [3.8, 4) is 0 Å². The Morgan fingerprint density at radius 2 is 2.10 bits per heavy atom. The minimum absolute atomic E-state index is 0.107. The third-order valence-corrected chi connectivity index (χ3v) is 5.11. The second-order valence-corrected chi connectivity index (χ2v) is 7.09. The van der Waals surface area contributed by atoms with E-state index in [9.17, 15) is 9.18 Å². The van der Waals surface area contributed by atoms with Gasteiger partial charge in [-0.25, -0.2) is 4.39 Å². The van der Waals surface area contributed by atoms with E-state index in [1.807, 2.05) is 61.4 Å². The van der Waals surface area contributed by atoms with Crippen molar-refractivity contribution in [1.29, 1.82) is 0 Å². The first kappa shape index (κ1) is 21.0. The molecule has 4 nitrogen and oxygen atoms in total. The van der Waals surface area contributed by atoms with E-state index in [1.165, 1.54) is 18.2 Å². The summed E-state index contributed by atoms with van der Waals surface area (Å²) in [6, 6.07) is 12.2. The fourth-order valence-electron chi connectivity index (χ4n) is 3.71. The normalized spacial score (nSPS) is 17.4. The molecule has 0 amide bonds. The molecule has 1 heterocycles. The number of nitrogens with zero attached hydrogens (tertiary/aromatic N) is 2. The fourth-order valence-corrected chi connectivity index (χ4v) is 3.71. The van der Waals surface area contributed by atoms with E-state index < -0.39 is 0 Å². The number of hydrogen-bond donors (Lipinski definition) is 0. The molecule has 0 aromatic heterocycles. The number of benzene rings is 2. The molecule has 29 heavy (non-hydrogen) atoms. The van der Waals surface area contributed by atoms with Crippen molar-refractivity contribution in [2.24, 2.45) is 0 Å². The molecule has 152 valence electrons. The number of allylic oxidation sites excluding steroid dienone is 1. The molecule has 0 saturated carbocycles. The average molecular weight is 394 g/mol. The predicted octanol–water partition coefficient (Wildman–Crippen LogP) is 5.26. The number of para-hydroxylation sites is 1. The molecule has 0 saturated heterocycles. The highest BCUT2D eigenvalue weighted by atomic mass is 19.1. The molecule has 0 bridgehead atoms. The first-order valence-corrected chi connectivity index (χ1v) is 9.79. The predicted molar refractivity (Wildman–Crippen MR) is 115 cm³/mol. The summed E-state index contributed by atoms with van der Waals surface area (Å²) in [6.45, 7) is 7.11. The lowest BCUT2D eigenvalue weighted by Gasteiger charge is -2.38. The van der Waals surface area contributed by atoms with Crippen LogP contribution in [0.2, 0.25) is 0 Å². The highest BCUT2D eigenvalue weighted by molar-refractivity contribution is 5.87. The van der Waals surface area contributed by atoms with E-state index in [2.05, 4.69) is 11.5 Å². The summed E-state index contributed by atoms with van der Waals surface area (Å²) in [5.74, 6) is -0.361. The zero-order valence-electron chi connectivity index (χ0n) is 16.9. The van der Waals surface area contributed by atoms with Crippen LogP contribution in [-0.4, -0.2) is 37.6 Å². The highest BCUT2D eigenvalue weighted by Gasteiger charge is 2.29. The van der Waals surface area contributed by atoms with Crippen LogP contribution in [0.3, 0.4) is 0 Å². The zero-order valence-corrected chi connectivity index (χ0v) is 16.9. The molecule has 3 rings (SSSR count). The molecule has 1 aliphatic rings. The summed E-state index contributed by atoms with van der Waals surface area (Å²) in [6.07, 6.45) is 7.06. The lowest BCUT2D eigenvalue weighted by molar-refractivity contribution is -0.0639. The maximum atomic E-state index is 13.9. The van der Waals surface area contributed by atoms with Crippen molar-refractivity contribution in [2.45, 2.75) is 25.7 Å². The van der Waals surface area contributed by atoms with Crippen molar-refractivity contribution in [3.63, 3.8) is 0 Å². The Morgan fingerprint density at radius 1 is 1.31 bits per heavy atom. The van der Waals surface area contributed by atoms with Gasteiger partial charge in [-0.2, -0.15) is 0 Å². The van der Waals surface area contributed by atoms with Crippen molar-refractivity contribution in [2.75, 3.05) is 25.0 Å². The van der Waals surface area contributed by atoms with Crippen LogP contribution in [0.1, 0.15) is 35.4 Å². The summed E-state index contributed by atoms with van der Waals surface area (Å²) in [5.41, 5.74) is 3.02. The Labute approximate surface area is 171 Å². The molecule has 2 atom stereocenters. The summed E-state index contributed by atoms with van der Waals surface area (Å²) in [4.78, 5) is 15.6. The average Bonchev–Trinajstić information content (AvgIpc) is 2.73. The van der Waals surface area contributed by atoms with Gasteiger partial charge in [-0.15, -0.1) is 6.58 Å². The van der Waals surface area contributed by atoms with E-state index in [-0.39, 0.29) is 18.1 Å². The number of aldehydes is 1. The molecule has 2 aromatic carbocycles. The standard InChI is InChI=1S/C24H27FN2O2/c1-4-8-24(26(3)14-5-2)29-23-13-15-27(21-10-7-6-9-20(21)23)22-16-19(25)12-11-18(22)17-28/h4-12,16-17,23-24H,2,13-15H2,1,3H3. The van der Waals surface area contributed by atoms with Crippen LogP contribution in [0.4, 0.5) is 15.8 Å². The Kier molecular flexibility index (Phi) is 6.96. The second kappa shape index (κ2) is 9.63. The number of hydrogen-bond acceptors (Lipinski definition) is 4. The van der Waals surface area contributed by atoms with Gasteiger partial charge in [0, 0.05) is 29.9 Å². The van der Waals surface area contributed by atoms with Gasteiger partial charge in [-0.1, -0.05) is 30.4 Å². The second-order valence-electron chi connectivity index (χ2n) is 7.09. The van der Waals surface area contributed by atoms with Crippen LogP contribution in [0.15, 0.2) is 67.3 Å². The van der Waals surface area contributed by atoms with E-state index in [0.717, 1.165) is 24.0 Å². The molecule has 5 heteroatoms. The molecule has 0 aliphatic carbocycles. The van der Waals surface area contributed by atoms with E-state index >= 15 is 0 Å². The van der Waals surface area contributed by atoms with Gasteiger partial charge in [-0.05, 0) is 50.7 Å². The van der Waals surface area contributed by atoms with Crippen LogP contribution >= 0.6 is 0 Å². The maximum Gasteiger partial charge on any atom is 0.152 e. The molecule has 2 aromatic rings. The molecule has 0 fully saturated rings. The zero-order chi connectivity index (χ0) is 20.8. The summed E-state index contributed by atoms with van der Waals surface area (Å²) >= 11 is 0. The van der Waals surface area contributed by atoms with Crippen molar-refractivity contribution in [1.82, 2.24) is 4.90 Å². The van der Waals surface area contributed by atoms with Gasteiger partial charge in [-0.3, -0.25) is 9.69 Å². The molecule has 0 N–H and O–H groups in total. The fraction of sp³-hybridized carbons (Fsp3) is 0.292. The smallest absolute Gasteiger partial charge is 0.152 e. The number of likely N-dealkylation sites (N-methyl/N-ethyl adjacent to an activating group) is 1. The van der Waals surface area contributed by atoms with Gasteiger partial charge in [0.2, 0.25) is 0 Å². The number of rotatable bonds is 8. The number of ether oxygens (including phenoxy) is 1. The maximum absolute atomic E-state index is 13.9. The van der Waals surface area contributed by atoms with E-state index in [0.29, 0.717) is 24.3 Å². The van der Waals surface area contributed by atoms with E-state index in [4.69, 9.17) is 4.74 Å². The SMILES string of the molecule is C=CCN(C)C(C=CC)OC1CCN(c2cc(F)ccc2C=O)c2ccccc21. The van der Waals surface area contributed by atoms with Gasteiger partial charge >= 0.3 is 0 Å². The molecule has 2 unspecified atom stereocenters. The first-order valence-electron chi connectivity index (χ1n) is 9.79. The minimum atomic E-state index is -0.361. The lowest BCUT2D eigenvalue weighted by Crippen LogP contribution is -2.36. The van der Waals surface area contributed by atoms with Gasteiger partial charge < -0.3 is 9.64 Å². The lowest BCUT2D eigenvalue weighted by atomic mass is 9.97. The Hall–Kier alpha value is -2.76. The monoisotopic (exact) mass is 394 g/mol. The number of halogens is 1. The van der Waals surface area contributed by atoms with Gasteiger partial charge in [0.05, 0.1) is 11.8 Å². The number of fused-ring (bicyclic) bond motifs is 1. The number of anilines is 2. The molecule has 0 radical (unpaired) electrons. The summed E-state index contributed by atoms with van der Waals surface area (Å²) in [7, 11) is 2.00. The molecule has 0 spiro atoms. The van der Waals surface area contributed by atoms with Crippen molar-refractivity contribution >= 4 is 17.7 Å². The first-order chi connectivity index (χ1) is 14.1. The van der Waals surface area contributed by atoms with Gasteiger partial charge in [0.1, 0.15) is 12.0 Å². The molecule has 1 aliphatic heterocycles. The van der Waals surface area contributed by atoms with Gasteiger partial charge in [0.25, 0.3) is 0 Å². The van der Waals surface area contributed by atoms with Crippen LogP contribution in [0, 0.1) is 5.82 Å².